The molecule has 0 amide bonds. The monoisotopic (exact) mass is 542 g/mol. The molecule has 4 unspecified atom stereocenters. The number of rotatable bonds is 6. The van der Waals surface area contributed by atoms with Crippen molar-refractivity contribution < 1.29 is 0 Å². The number of nitrogens with one attached hydrogen (secondary N) is 2. The summed E-state index contributed by atoms with van der Waals surface area (Å²) in [5, 5.41) is 7.77. The van der Waals surface area contributed by atoms with Crippen LogP contribution in [-0.4, -0.2) is 12.1 Å². The van der Waals surface area contributed by atoms with Gasteiger partial charge in [0.05, 0.1) is 0 Å². The highest BCUT2D eigenvalue weighted by Gasteiger charge is 2.40. The second-order valence-electron chi connectivity index (χ2n) is 13.7. The van der Waals surface area contributed by atoms with Gasteiger partial charge < -0.3 is 10.6 Å². The standard InChI is InChI=1S/C39H46N2/c1-26(2)36-24-38(5,30-13-9-7-10-14-30)32-22-28(17-19-34(32)40-36)21-29-18-20-35-33(23-29)39(6,25-37(41-35)27(3)4)31-15-11-8-12-16-31/h7-20,22-23,26-27,36-37,40-41H,21,24-25H2,1-6H3. The first-order chi connectivity index (χ1) is 19.7. The van der Waals surface area contributed by atoms with Crippen LogP contribution in [0.5, 0.6) is 0 Å². The number of hydrogen-bond donors (Lipinski definition) is 2. The van der Waals surface area contributed by atoms with Gasteiger partial charge in [0.25, 0.3) is 0 Å². The predicted octanol–water partition coefficient (Wildman–Crippen LogP) is 9.57. The van der Waals surface area contributed by atoms with Crippen LogP contribution >= 0.6 is 0 Å². The van der Waals surface area contributed by atoms with Crippen LogP contribution in [0.25, 0.3) is 0 Å². The Bertz CT molecular complexity index is 1390. The Morgan fingerprint density at radius 1 is 0.585 bits per heavy atom. The fourth-order valence-electron chi connectivity index (χ4n) is 7.37. The van der Waals surface area contributed by atoms with E-state index in [4.69, 9.17) is 0 Å². The summed E-state index contributed by atoms with van der Waals surface area (Å²) in [7, 11) is 0. The van der Waals surface area contributed by atoms with Gasteiger partial charge in [-0.15, -0.1) is 0 Å². The molecule has 2 N–H and O–H groups in total. The van der Waals surface area contributed by atoms with E-state index in [2.05, 4.69) is 149 Å². The Labute approximate surface area is 247 Å². The molecule has 2 nitrogen and oxygen atoms in total. The molecule has 0 bridgehead atoms. The van der Waals surface area contributed by atoms with Gasteiger partial charge in [-0.3, -0.25) is 0 Å². The number of anilines is 2. The number of benzene rings is 4. The molecule has 2 heterocycles. The first-order valence-electron chi connectivity index (χ1n) is 15.6. The second kappa shape index (κ2) is 10.7. The van der Waals surface area contributed by atoms with E-state index in [0.717, 1.165) is 19.3 Å². The maximum absolute atomic E-state index is 3.89. The van der Waals surface area contributed by atoms with Gasteiger partial charge in [-0.1, -0.05) is 126 Å². The Morgan fingerprint density at radius 2 is 0.976 bits per heavy atom. The van der Waals surface area contributed by atoms with Crippen LogP contribution in [0.4, 0.5) is 11.4 Å². The molecule has 0 saturated heterocycles. The quantitative estimate of drug-likeness (QED) is 0.253. The van der Waals surface area contributed by atoms with Crippen molar-refractivity contribution in [3.8, 4) is 0 Å². The van der Waals surface area contributed by atoms with Crippen molar-refractivity contribution in [3.05, 3.63) is 130 Å². The van der Waals surface area contributed by atoms with Gasteiger partial charge in [-0.25, -0.2) is 0 Å². The van der Waals surface area contributed by atoms with Crippen LogP contribution in [0.2, 0.25) is 0 Å². The zero-order chi connectivity index (χ0) is 28.8. The second-order valence-corrected chi connectivity index (χ2v) is 13.7. The molecule has 41 heavy (non-hydrogen) atoms. The lowest BCUT2D eigenvalue weighted by Gasteiger charge is -2.43. The zero-order valence-corrected chi connectivity index (χ0v) is 25.7. The summed E-state index contributed by atoms with van der Waals surface area (Å²) < 4.78 is 0. The van der Waals surface area contributed by atoms with Crippen LogP contribution < -0.4 is 10.6 Å². The third kappa shape index (κ3) is 5.07. The lowest BCUT2D eigenvalue weighted by molar-refractivity contribution is 0.386. The minimum absolute atomic E-state index is 0.0235. The van der Waals surface area contributed by atoms with E-state index in [9.17, 15) is 0 Å². The van der Waals surface area contributed by atoms with Gasteiger partial charge in [0.2, 0.25) is 0 Å². The summed E-state index contributed by atoms with van der Waals surface area (Å²) in [6.45, 7) is 14.2. The molecule has 2 heteroatoms. The Balaban J connectivity index is 1.38. The molecule has 0 radical (unpaired) electrons. The molecule has 0 spiro atoms. The van der Waals surface area contributed by atoms with Gasteiger partial charge in [0.1, 0.15) is 0 Å². The average Bonchev–Trinajstić information content (AvgIpc) is 2.98. The van der Waals surface area contributed by atoms with Gasteiger partial charge in [0, 0.05) is 34.3 Å². The molecular weight excluding hydrogens is 496 g/mol. The molecule has 4 atom stereocenters. The summed E-state index contributed by atoms with van der Waals surface area (Å²) in [5.74, 6) is 1.15. The molecule has 2 aliphatic rings. The van der Waals surface area contributed by atoms with Crippen LogP contribution in [0.15, 0.2) is 97.1 Å². The normalized spacial score (nSPS) is 25.3. The largest absolute Gasteiger partial charge is 0.382 e. The molecule has 4 aromatic carbocycles. The lowest BCUT2D eigenvalue weighted by Crippen LogP contribution is -2.41. The molecule has 0 aromatic heterocycles. The minimum atomic E-state index is -0.0235. The van der Waals surface area contributed by atoms with E-state index in [0.29, 0.717) is 23.9 Å². The Morgan fingerprint density at radius 3 is 1.34 bits per heavy atom. The van der Waals surface area contributed by atoms with E-state index < -0.39 is 0 Å². The summed E-state index contributed by atoms with van der Waals surface area (Å²) in [6.07, 6.45) is 3.13. The molecule has 2 aliphatic heterocycles. The molecule has 0 aliphatic carbocycles. The SMILES string of the molecule is CC(C)C1CC(C)(c2ccccc2)c2cc(Cc3ccc4c(c3)C(C)(c3ccccc3)CC(C(C)C)N4)ccc2N1. The van der Waals surface area contributed by atoms with E-state index >= 15 is 0 Å². The molecule has 6 rings (SSSR count). The van der Waals surface area contributed by atoms with Crippen LogP contribution in [0.1, 0.15) is 87.8 Å². The van der Waals surface area contributed by atoms with Crippen molar-refractivity contribution in [3.63, 3.8) is 0 Å². The number of hydrogen-bond acceptors (Lipinski definition) is 2. The first-order valence-corrected chi connectivity index (χ1v) is 15.6. The Kier molecular flexibility index (Phi) is 7.22. The summed E-state index contributed by atoms with van der Waals surface area (Å²) >= 11 is 0. The average molecular weight is 543 g/mol. The molecule has 0 fully saturated rings. The smallest absolute Gasteiger partial charge is 0.0384 e. The van der Waals surface area contributed by atoms with Crippen molar-refractivity contribution in [2.24, 2.45) is 11.8 Å². The Hall–Kier alpha value is -3.52. The fourth-order valence-corrected chi connectivity index (χ4v) is 7.37. The van der Waals surface area contributed by atoms with Crippen LogP contribution in [0.3, 0.4) is 0 Å². The lowest BCUT2D eigenvalue weighted by atomic mass is 9.67. The maximum Gasteiger partial charge on any atom is 0.0384 e. The third-order valence-corrected chi connectivity index (χ3v) is 10.1. The minimum Gasteiger partial charge on any atom is -0.382 e. The van der Waals surface area contributed by atoms with Gasteiger partial charge >= 0.3 is 0 Å². The van der Waals surface area contributed by atoms with Gasteiger partial charge in [-0.05, 0) is 76.6 Å². The van der Waals surface area contributed by atoms with E-state index in [-0.39, 0.29) is 10.8 Å². The van der Waals surface area contributed by atoms with E-state index in [1.165, 1.54) is 44.8 Å². The summed E-state index contributed by atoms with van der Waals surface area (Å²) in [4.78, 5) is 0. The van der Waals surface area contributed by atoms with Crippen LogP contribution in [-0.2, 0) is 17.3 Å². The van der Waals surface area contributed by atoms with Crippen molar-refractivity contribution in [1.29, 1.82) is 0 Å². The van der Waals surface area contributed by atoms with Crippen LogP contribution in [0, 0.1) is 11.8 Å². The van der Waals surface area contributed by atoms with E-state index in [1.54, 1.807) is 0 Å². The highest BCUT2D eigenvalue weighted by atomic mass is 15.0. The summed E-state index contributed by atoms with van der Waals surface area (Å²) in [6, 6.07) is 37.5. The maximum atomic E-state index is 3.89. The predicted molar refractivity (Wildman–Crippen MR) is 175 cm³/mol. The molecule has 0 saturated carbocycles. The molecular formula is C39H46N2. The highest BCUT2D eigenvalue weighted by Crippen LogP contribution is 2.47. The summed E-state index contributed by atoms with van der Waals surface area (Å²) in [5.41, 5.74) is 10.9. The zero-order valence-electron chi connectivity index (χ0n) is 25.7. The van der Waals surface area contributed by atoms with E-state index in [1.807, 2.05) is 0 Å². The highest BCUT2D eigenvalue weighted by molar-refractivity contribution is 5.64. The van der Waals surface area contributed by atoms with Crippen molar-refractivity contribution in [2.75, 3.05) is 10.6 Å². The molecule has 4 aromatic rings. The van der Waals surface area contributed by atoms with Crippen molar-refractivity contribution >= 4 is 11.4 Å². The van der Waals surface area contributed by atoms with Crippen molar-refractivity contribution in [2.45, 2.75) is 83.7 Å². The van der Waals surface area contributed by atoms with Gasteiger partial charge in [0.15, 0.2) is 0 Å². The van der Waals surface area contributed by atoms with Gasteiger partial charge in [-0.2, -0.15) is 0 Å². The topological polar surface area (TPSA) is 24.1 Å². The van der Waals surface area contributed by atoms with Crippen molar-refractivity contribution in [1.82, 2.24) is 0 Å². The fraction of sp³-hybridized carbons (Fsp3) is 0.385. The molecule has 212 valence electrons. The number of fused-ring (bicyclic) bond motifs is 2. The third-order valence-electron chi connectivity index (χ3n) is 10.1. The first kappa shape index (κ1) is 27.6.